The van der Waals surface area contributed by atoms with Crippen molar-refractivity contribution in [2.75, 3.05) is 17.2 Å². The minimum absolute atomic E-state index is 0.0248. The largest absolute Gasteiger partial charge is 0.478 e. The van der Waals surface area contributed by atoms with E-state index in [1.54, 1.807) is 18.2 Å². The number of nitrogens with zero attached hydrogens (tertiary/aromatic N) is 2. The van der Waals surface area contributed by atoms with E-state index in [4.69, 9.17) is 15.7 Å². The summed E-state index contributed by atoms with van der Waals surface area (Å²) in [6.07, 6.45) is -0.174. The minimum atomic E-state index is -0.637. The highest BCUT2D eigenvalue weighted by atomic mass is 16.5. The van der Waals surface area contributed by atoms with Crippen LogP contribution >= 0.6 is 0 Å². The molecular weight excluding hydrogens is 290 g/mol. The molecule has 1 heterocycles. The summed E-state index contributed by atoms with van der Waals surface area (Å²) in [7, 11) is 0. The topological polar surface area (TPSA) is 79.3 Å². The SMILES string of the molecule is Cc1ccc(CC2Oc3ccc(N)cc3N(CC#N)C2=O)cc1. The van der Waals surface area contributed by atoms with Crippen LogP contribution in [0.25, 0.3) is 0 Å². The van der Waals surface area contributed by atoms with Crippen LogP contribution in [0.2, 0.25) is 0 Å². The van der Waals surface area contributed by atoms with Gasteiger partial charge in [0.25, 0.3) is 5.91 Å². The van der Waals surface area contributed by atoms with Crippen molar-refractivity contribution in [1.82, 2.24) is 0 Å². The number of anilines is 2. The average Bonchev–Trinajstić information content (AvgIpc) is 2.54. The lowest BCUT2D eigenvalue weighted by molar-refractivity contribution is -0.126. The third-order valence-corrected chi connectivity index (χ3v) is 3.86. The summed E-state index contributed by atoms with van der Waals surface area (Å²) in [5.41, 5.74) is 9.04. The van der Waals surface area contributed by atoms with E-state index in [2.05, 4.69) is 0 Å². The van der Waals surface area contributed by atoms with Gasteiger partial charge in [0, 0.05) is 12.1 Å². The van der Waals surface area contributed by atoms with Gasteiger partial charge in [0.2, 0.25) is 0 Å². The van der Waals surface area contributed by atoms with Gasteiger partial charge in [0.05, 0.1) is 11.8 Å². The number of amides is 1. The Labute approximate surface area is 134 Å². The Morgan fingerprint density at radius 2 is 2.00 bits per heavy atom. The molecule has 1 aliphatic rings. The molecule has 0 aromatic heterocycles. The highest BCUT2D eigenvalue weighted by Crippen LogP contribution is 2.36. The number of rotatable bonds is 3. The van der Waals surface area contributed by atoms with Crippen molar-refractivity contribution in [3.8, 4) is 11.8 Å². The number of nitrogens with two attached hydrogens (primary N) is 1. The lowest BCUT2D eigenvalue weighted by Crippen LogP contribution is -2.47. The number of benzene rings is 2. The molecule has 2 aromatic rings. The predicted molar refractivity (Wildman–Crippen MR) is 88.1 cm³/mol. The second-order valence-electron chi connectivity index (χ2n) is 5.61. The fraction of sp³-hybridized carbons (Fsp3) is 0.222. The van der Waals surface area contributed by atoms with Crippen molar-refractivity contribution in [2.24, 2.45) is 0 Å². The lowest BCUT2D eigenvalue weighted by atomic mass is 10.0. The standard InChI is InChI=1S/C18H17N3O2/c1-12-2-4-13(5-3-12)10-17-18(22)21(9-8-19)15-11-14(20)6-7-16(15)23-17/h2-7,11,17H,9-10,20H2,1H3. The summed E-state index contributed by atoms with van der Waals surface area (Å²) in [4.78, 5) is 14.1. The number of ether oxygens (including phenoxy) is 1. The Bertz CT molecular complexity index is 778. The molecule has 0 radical (unpaired) electrons. The van der Waals surface area contributed by atoms with E-state index in [1.807, 2.05) is 37.3 Å². The quantitative estimate of drug-likeness (QED) is 0.697. The Balaban J connectivity index is 1.91. The Morgan fingerprint density at radius 1 is 1.26 bits per heavy atom. The van der Waals surface area contributed by atoms with Crippen LogP contribution in [0.15, 0.2) is 42.5 Å². The normalized spacial score (nSPS) is 16.4. The van der Waals surface area contributed by atoms with Gasteiger partial charge in [-0.3, -0.25) is 9.69 Å². The number of nitriles is 1. The van der Waals surface area contributed by atoms with Crippen molar-refractivity contribution < 1.29 is 9.53 Å². The molecule has 1 atom stereocenters. The molecule has 2 aromatic carbocycles. The van der Waals surface area contributed by atoms with E-state index in [0.717, 1.165) is 11.1 Å². The molecule has 0 saturated heterocycles. The third kappa shape index (κ3) is 2.97. The van der Waals surface area contributed by atoms with Crippen molar-refractivity contribution >= 4 is 17.3 Å². The van der Waals surface area contributed by atoms with E-state index < -0.39 is 6.10 Å². The summed E-state index contributed by atoms with van der Waals surface area (Å²) >= 11 is 0. The molecule has 116 valence electrons. The monoisotopic (exact) mass is 307 g/mol. The molecule has 1 aliphatic heterocycles. The van der Waals surface area contributed by atoms with Gasteiger partial charge in [-0.05, 0) is 30.7 Å². The first-order valence-electron chi connectivity index (χ1n) is 7.38. The predicted octanol–water partition coefficient (Wildman–Crippen LogP) is 2.44. The molecule has 3 rings (SSSR count). The second-order valence-corrected chi connectivity index (χ2v) is 5.61. The Kier molecular flexibility index (Phi) is 3.90. The molecule has 5 heteroatoms. The summed E-state index contributed by atoms with van der Waals surface area (Å²) < 4.78 is 5.85. The number of hydrogen-bond acceptors (Lipinski definition) is 4. The molecular formula is C18H17N3O2. The number of hydrogen-bond donors (Lipinski definition) is 1. The molecule has 0 bridgehead atoms. The Hall–Kier alpha value is -3.00. The van der Waals surface area contributed by atoms with Crippen LogP contribution in [-0.2, 0) is 11.2 Å². The first kappa shape index (κ1) is 14.9. The van der Waals surface area contributed by atoms with E-state index in [1.165, 1.54) is 4.90 Å². The summed E-state index contributed by atoms with van der Waals surface area (Å²) in [5, 5.41) is 9.02. The number of carbonyl (C=O) groups is 1. The van der Waals surface area contributed by atoms with E-state index in [9.17, 15) is 4.79 Å². The van der Waals surface area contributed by atoms with Gasteiger partial charge >= 0.3 is 0 Å². The highest BCUT2D eigenvalue weighted by molar-refractivity contribution is 6.01. The van der Waals surface area contributed by atoms with Gasteiger partial charge in [-0.2, -0.15) is 5.26 Å². The number of carbonyl (C=O) groups excluding carboxylic acids is 1. The maximum atomic E-state index is 12.7. The fourth-order valence-corrected chi connectivity index (χ4v) is 2.64. The molecule has 1 unspecified atom stereocenters. The first-order chi connectivity index (χ1) is 11.1. The van der Waals surface area contributed by atoms with Gasteiger partial charge < -0.3 is 10.5 Å². The van der Waals surface area contributed by atoms with Gasteiger partial charge in [0.1, 0.15) is 12.3 Å². The van der Waals surface area contributed by atoms with Crippen LogP contribution in [0.3, 0.4) is 0 Å². The fourth-order valence-electron chi connectivity index (χ4n) is 2.64. The Morgan fingerprint density at radius 3 is 2.70 bits per heavy atom. The van der Waals surface area contributed by atoms with E-state index >= 15 is 0 Å². The number of nitrogen functional groups attached to an aromatic ring is 1. The van der Waals surface area contributed by atoms with Crippen molar-refractivity contribution in [2.45, 2.75) is 19.4 Å². The van der Waals surface area contributed by atoms with Crippen LogP contribution in [-0.4, -0.2) is 18.6 Å². The van der Waals surface area contributed by atoms with Crippen molar-refractivity contribution in [1.29, 1.82) is 5.26 Å². The zero-order valence-electron chi connectivity index (χ0n) is 12.8. The zero-order valence-corrected chi connectivity index (χ0v) is 12.8. The first-order valence-corrected chi connectivity index (χ1v) is 7.38. The third-order valence-electron chi connectivity index (χ3n) is 3.86. The second kappa shape index (κ2) is 6.01. The van der Waals surface area contributed by atoms with E-state index in [0.29, 0.717) is 23.5 Å². The number of fused-ring (bicyclic) bond motifs is 1. The highest BCUT2D eigenvalue weighted by Gasteiger charge is 2.34. The smallest absolute Gasteiger partial charge is 0.269 e. The van der Waals surface area contributed by atoms with Gasteiger partial charge in [0.15, 0.2) is 6.10 Å². The number of aryl methyl sites for hydroxylation is 1. The van der Waals surface area contributed by atoms with Crippen LogP contribution in [0.4, 0.5) is 11.4 Å². The molecule has 0 fully saturated rings. The van der Waals surface area contributed by atoms with E-state index in [-0.39, 0.29) is 12.5 Å². The van der Waals surface area contributed by atoms with Crippen LogP contribution in [0.1, 0.15) is 11.1 Å². The maximum absolute atomic E-state index is 12.7. The molecule has 2 N–H and O–H groups in total. The van der Waals surface area contributed by atoms with Crippen molar-refractivity contribution in [3.63, 3.8) is 0 Å². The summed E-state index contributed by atoms with van der Waals surface area (Å²) in [6.45, 7) is 1.99. The van der Waals surface area contributed by atoms with Crippen LogP contribution in [0, 0.1) is 18.3 Å². The summed E-state index contributed by atoms with van der Waals surface area (Å²) in [5.74, 6) is 0.358. The van der Waals surface area contributed by atoms with Gasteiger partial charge in [-0.1, -0.05) is 29.8 Å². The van der Waals surface area contributed by atoms with Crippen molar-refractivity contribution in [3.05, 3.63) is 53.6 Å². The molecule has 0 aliphatic carbocycles. The molecule has 0 spiro atoms. The molecule has 5 nitrogen and oxygen atoms in total. The van der Waals surface area contributed by atoms with Gasteiger partial charge in [-0.15, -0.1) is 0 Å². The maximum Gasteiger partial charge on any atom is 0.269 e. The molecule has 23 heavy (non-hydrogen) atoms. The minimum Gasteiger partial charge on any atom is -0.478 e. The summed E-state index contributed by atoms with van der Waals surface area (Å²) in [6, 6.07) is 15.1. The van der Waals surface area contributed by atoms with Crippen LogP contribution in [0.5, 0.6) is 5.75 Å². The lowest BCUT2D eigenvalue weighted by Gasteiger charge is -2.33. The molecule has 1 amide bonds. The molecule has 0 saturated carbocycles. The zero-order chi connectivity index (χ0) is 16.4. The average molecular weight is 307 g/mol. The van der Waals surface area contributed by atoms with Gasteiger partial charge in [-0.25, -0.2) is 0 Å². The van der Waals surface area contributed by atoms with Crippen LogP contribution < -0.4 is 15.4 Å².